The Morgan fingerprint density at radius 3 is 2.62 bits per heavy atom. The van der Waals surface area contributed by atoms with E-state index in [-0.39, 0.29) is 17.3 Å². The van der Waals surface area contributed by atoms with Gasteiger partial charge in [0.25, 0.3) is 5.69 Å². The van der Waals surface area contributed by atoms with E-state index in [9.17, 15) is 14.9 Å². The average molecular weight is 293 g/mol. The minimum Gasteiger partial charge on any atom is -0.496 e. The standard InChI is InChI=1S/C14H19N3O4/c1-21-10-5-6-11(12(9-10)17(19)20)16-13(18)14(15)7-3-2-4-8-14/h5-6,9H,2-4,7-8,15H2,1H3,(H,16,18). The van der Waals surface area contributed by atoms with Gasteiger partial charge in [-0.05, 0) is 25.0 Å². The zero-order valence-corrected chi connectivity index (χ0v) is 11.9. The molecule has 0 radical (unpaired) electrons. The molecule has 2 rings (SSSR count). The summed E-state index contributed by atoms with van der Waals surface area (Å²) in [5, 5.41) is 13.7. The van der Waals surface area contributed by atoms with Gasteiger partial charge in [0.1, 0.15) is 11.4 Å². The van der Waals surface area contributed by atoms with E-state index in [0.717, 1.165) is 19.3 Å². The summed E-state index contributed by atoms with van der Waals surface area (Å²) in [5.74, 6) is -0.00436. The number of nitro groups is 1. The Bertz CT molecular complexity index is 553. The Labute approximate surface area is 122 Å². The molecule has 0 unspecified atom stereocenters. The highest BCUT2D eigenvalue weighted by Crippen LogP contribution is 2.31. The molecule has 0 aromatic heterocycles. The topological polar surface area (TPSA) is 107 Å². The van der Waals surface area contributed by atoms with Gasteiger partial charge in [-0.3, -0.25) is 14.9 Å². The molecule has 1 aromatic rings. The number of hydrogen-bond acceptors (Lipinski definition) is 5. The molecule has 0 heterocycles. The lowest BCUT2D eigenvalue weighted by Gasteiger charge is -2.31. The first kappa shape index (κ1) is 15.2. The van der Waals surface area contributed by atoms with E-state index >= 15 is 0 Å². The maximum atomic E-state index is 12.3. The van der Waals surface area contributed by atoms with E-state index < -0.39 is 10.5 Å². The minimum atomic E-state index is -0.938. The Kier molecular flexibility index (Phi) is 4.42. The van der Waals surface area contributed by atoms with Crippen molar-refractivity contribution in [3.05, 3.63) is 28.3 Å². The molecule has 7 heteroatoms. The maximum Gasteiger partial charge on any atom is 0.296 e. The van der Waals surface area contributed by atoms with Crippen molar-refractivity contribution in [2.75, 3.05) is 12.4 Å². The van der Waals surface area contributed by atoms with Crippen LogP contribution in [0.25, 0.3) is 0 Å². The molecule has 0 saturated heterocycles. The minimum absolute atomic E-state index is 0.140. The maximum absolute atomic E-state index is 12.3. The van der Waals surface area contributed by atoms with Crippen molar-refractivity contribution in [2.45, 2.75) is 37.6 Å². The van der Waals surface area contributed by atoms with Gasteiger partial charge >= 0.3 is 0 Å². The van der Waals surface area contributed by atoms with Gasteiger partial charge in [0.2, 0.25) is 5.91 Å². The van der Waals surface area contributed by atoms with Crippen LogP contribution >= 0.6 is 0 Å². The molecule has 21 heavy (non-hydrogen) atoms. The average Bonchev–Trinajstić information content (AvgIpc) is 2.48. The number of nitrogens with zero attached hydrogens (tertiary/aromatic N) is 1. The van der Waals surface area contributed by atoms with Crippen molar-refractivity contribution in [3.63, 3.8) is 0 Å². The predicted octanol–water partition coefficient (Wildman–Crippen LogP) is 2.20. The summed E-state index contributed by atoms with van der Waals surface area (Å²) in [6, 6.07) is 4.30. The first-order chi connectivity index (χ1) is 9.96. The Morgan fingerprint density at radius 2 is 2.05 bits per heavy atom. The normalized spacial score (nSPS) is 17.0. The van der Waals surface area contributed by atoms with Crippen LogP contribution in [0.5, 0.6) is 5.75 Å². The molecule has 0 atom stereocenters. The molecule has 1 aromatic carbocycles. The first-order valence-electron chi connectivity index (χ1n) is 6.89. The SMILES string of the molecule is COc1ccc(NC(=O)C2(N)CCCCC2)c([N+](=O)[O-])c1. The second-order valence-corrected chi connectivity index (χ2v) is 5.31. The number of anilines is 1. The molecular weight excluding hydrogens is 274 g/mol. The molecule has 1 amide bonds. The third-order valence-electron chi connectivity index (χ3n) is 3.85. The number of hydrogen-bond donors (Lipinski definition) is 2. The number of rotatable bonds is 4. The molecule has 0 spiro atoms. The first-order valence-corrected chi connectivity index (χ1v) is 6.89. The lowest BCUT2D eigenvalue weighted by Crippen LogP contribution is -2.52. The van der Waals surface area contributed by atoms with Crippen molar-refractivity contribution < 1.29 is 14.5 Å². The van der Waals surface area contributed by atoms with E-state index in [0.29, 0.717) is 18.6 Å². The highest BCUT2D eigenvalue weighted by Gasteiger charge is 2.36. The number of carbonyl (C=O) groups excluding carboxylic acids is 1. The van der Waals surface area contributed by atoms with Crippen LogP contribution in [0.1, 0.15) is 32.1 Å². The number of nitrogens with two attached hydrogens (primary N) is 1. The van der Waals surface area contributed by atoms with E-state index in [2.05, 4.69) is 5.32 Å². The molecule has 1 saturated carbocycles. The largest absolute Gasteiger partial charge is 0.496 e. The van der Waals surface area contributed by atoms with Crippen LogP contribution in [0.3, 0.4) is 0 Å². The van der Waals surface area contributed by atoms with E-state index in [1.807, 2.05) is 0 Å². The molecule has 1 fully saturated rings. The van der Waals surface area contributed by atoms with Crippen molar-refractivity contribution in [2.24, 2.45) is 5.73 Å². The predicted molar refractivity (Wildman–Crippen MR) is 78.3 cm³/mol. The summed E-state index contributed by atoms with van der Waals surface area (Å²) >= 11 is 0. The summed E-state index contributed by atoms with van der Waals surface area (Å²) in [4.78, 5) is 22.9. The molecule has 3 N–H and O–H groups in total. The van der Waals surface area contributed by atoms with Crippen LogP contribution in [-0.4, -0.2) is 23.5 Å². The Morgan fingerprint density at radius 1 is 1.38 bits per heavy atom. The van der Waals surface area contributed by atoms with Crippen LogP contribution in [0.2, 0.25) is 0 Å². The fourth-order valence-electron chi connectivity index (χ4n) is 2.55. The molecule has 114 valence electrons. The van der Waals surface area contributed by atoms with Crippen molar-refractivity contribution >= 4 is 17.3 Å². The number of amides is 1. The zero-order valence-electron chi connectivity index (χ0n) is 11.9. The van der Waals surface area contributed by atoms with Gasteiger partial charge < -0.3 is 15.8 Å². The monoisotopic (exact) mass is 293 g/mol. The second kappa shape index (κ2) is 6.09. The number of benzene rings is 1. The van der Waals surface area contributed by atoms with Crippen LogP contribution in [0, 0.1) is 10.1 Å². The van der Waals surface area contributed by atoms with Crippen LogP contribution in [0.15, 0.2) is 18.2 Å². The smallest absolute Gasteiger partial charge is 0.296 e. The van der Waals surface area contributed by atoms with Crippen LogP contribution in [-0.2, 0) is 4.79 Å². The molecule has 1 aliphatic carbocycles. The van der Waals surface area contributed by atoms with E-state index in [4.69, 9.17) is 10.5 Å². The fraction of sp³-hybridized carbons (Fsp3) is 0.500. The summed E-state index contributed by atoms with van der Waals surface area (Å²) in [6.07, 6.45) is 4.06. The number of ether oxygens (including phenoxy) is 1. The van der Waals surface area contributed by atoms with Gasteiger partial charge in [-0.15, -0.1) is 0 Å². The highest BCUT2D eigenvalue weighted by molar-refractivity contribution is 5.99. The van der Waals surface area contributed by atoms with Crippen LogP contribution in [0.4, 0.5) is 11.4 Å². The lowest BCUT2D eigenvalue weighted by atomic mass is 9.82. The highest BCUT2D eigenvalue weighted by atomic mass is 16.6. The Hall–Kier alpha value is -2.15. The van der Waals surface area contributed by atoms with Gasteiger partial charge in [-0.1, -0.05) is 19.3 Å². The number of methoxy groups -OCH3 is 1. The summed E-state index contributed by atoms with van der Waals surface area (Å²) in [6.45, 7) is 0. The number of nitro benzene ring substituents is 1. The zero-order chi connectivity index (χ0) is 15.5. The third-order valence-corrected chi connectivity index (χ3v) is 3.85. The third kappa shape index (κ3) is 3.30. The molecular formula is C14H19N3O4. The lowest BCUT2D eigenvalue weighted by molar-refractivity contribution is -0.384. The molecule has 7 nitrogen and oxygen atoms in total. The van der Waals surface area contributed by atoms with Gasteiger partial charge in [0.05, 0.1) is 23.6 Å². The second-order valence-electron chi connectivity index (χ2n) is 5.31. The summed E-state index contributed by atoms with van der Waals surface area (Å²) < 4.78 is 4.96. The summed E-state index contributed by atoms with van der Waals surface area (Å²) in [7, 11) is 1.42. The number of nitrogens with one attached hydrogen (secondary N) is 1. The molecule has 1 aliphatic rings. The van der Waals surface area contributed by atoms with Crippen molar-refractivity contribution in [1.82, 2.24) is 0 Å². The van der Waals surface area contributed by atoms with Gasteiger partial charge in [0.15, 0.2) is 0 Å². The van der Waals surface area contributed by atoms with Gasteiger partial charge in [-0.2, -0.15) is 0 Å². The van der Waals surface area contributed by atoms with Gasteiger partial charge in [0, 0.05) is 0 Å². The Balaban J connectivity index is 2.22. The number of carbonyl (C=O) groups is 1. The van der Waals surface area contributed by atoms with Crippen molar-refractivity contribution in [1.29, 1.82) is 0 Å². The van der Waals surface area contributed by atoms with E-state index in [1.165, 1.54) is 19.2 Å². The van der Waals surface area contributed by atoms with Crippen LogP contribution < -0.4 is 15.8 Å². The summed E-state index contributed by atoms with van der Waals surface area (Å²) in [5.41, 5.74) is 5.12. The molecule has 0 bridgehead atoms. The van der Waals surface area contributed by atoms with Crippen molar-refractivity contribution in [3.8, 4) is 5.75 Å². The molecule has 0 aliphatic heterocycles. The van der Waals surface area contributed by atoms with Gasteiger partial charge in [-0.25, -0.2) is 0 Å². The quantitative estimate of drug-likeness (QED) is 0.653. The fourth-order valence-corrected chi connectivity index (χ4v) is 2.55. The van der Waals surface area contributed by atoms with E-state index in [1.54, 1.807) is 6.07 Å².